The van der Waals surface area contributed by atoms with Crippen LogP contribution in [0, 0.1) is 23.7 Å². The summed E-state index contributed by atoms with van der Waals surface area (Å²) in [5.41, 5.74) is 0. The van der Waals surface area contributed by atoms with Crippen molar-refractivity contribution < 1.29 is 14.3 Å². The lowest BCUT2D eigenvalue weighted by Gasteiger charge is -2.36. The number of carbonyl (C=O) groups excluding carboxylic acids is 2. The minimum absolute atomic E-state index is 0.0101. The highest BCUT2D eigenvalue weighted by Gasteiger charge is 2.35. The summed E-state index contributed by atoms with van der Waals surface area (Å²) in [4.78, 5) is 23.8. The van der Waals surface area contributed by atoms with Crippen LogP contribution >= 0.6 is 0 Å². The molecule has 1 rings (SSSR count). The molecule has 0 aromatic carbocycles. The zero-order valence-electron chi connectivity index (χ0n) is 13.4. The minimum Gasteiger partial charge on any atom is -0.462 e. The minimum atomic E-state index is -0.363. The second-order valence-corrected chi connectivity index (χ2v) is 6.69. The van der Waals surface area contributed by atoms with Crippen LogP contribution in [0.25, 0.3) is 0 Å². The van der Waals surface area contributed by atoms with Crippen molar-refractivity contribution in [3.63, 3.8) is 0 Å². The zero-order chi connectivity index (χ0) is 15.3. The van der Waals surface area contributed by atoms with Gasteiger partial charge in [-0.1, -0.05) is 27.2 Å². The summed E-state index contributed by atoms with van der Waals surface area (Å²) < 4.78 is 5.03. The fraction of sp³-hybridized carbons (Fsp3) is 0.875. The van der Waals surface area contributed by atoms with Gasteiger partial charge in [0.2, 0.25) is 5.91 Å². The summed E-state index contributed by atoms with van der Waals surface area (Å²) in [6, 6.07) is 0. The molecule has 1 saturated carbocycles. The van der Waals surface area contributed by atoms with Gasteiger partial charge < -0.3 is 10.1 Å². The zero-order valence-corrected chi connectivity index (χ0v) is 13.4. The molecule has 0 aromatic heterocycles. The summed E-state index contributed by atoms with van der Waals surface area (Å²) >= 11 is 0. The van der Waals surface area contributed by atoms with E-state index in [1.165, 1.54) is 6.42 Å². The van der Waals surface area contributed by atoms with E-state index in [-0.39, 0.29) is 30.4 Å². The molecule has 4 heteroatoms. The summed E-state index contributed by atoms with van der Waals surface area (Å²) in [5.74, 6) is 1.19. The molecule has 0 aromatic rings. The Bertz CT molecular complexity index is 339. The maximum absolute atomic E-state index is 12.3. The first-order chi connectivity index (χ1) is 9.31. The van der Waals surface area contributed by atoms with E-state index >= 15 is 0 Å². The van der Waals surface area contributed by atoms with Crippen LogP contribution in [0.15, 0.2) is 0 Å². The Morgan fingerprint density at radius 2 is 1.85 bits per heavy atom. The van der Waals surface area contributed by atoms with E-state index in [2.05, 4.69) is 26.1 Å². The molecule has 1 fully saturated rings. The van der Waals surface area contributed by atoms with E-state index in [9.17, 15) is 9.59 Å². The number of esters is 1. The summed E-state index contributed by atoms with van der Waals surface area (Å²) in [5, 5.41) is 2.75. The van der Waals surface area contributed by atoms with E-state index in [0.717, 1.165) is 12.8 Å². The molecule has 1 aliphatic carbocycles. The summed E-state index contributed by atoms with van der Waals surface area (Å²) in [7, 11) is 0. The summed E-state index contributed by atoms with van der Waals surface area (Å²) in [6.45, 7) is 10.1. The first kappa shape index (κ1) is 17.0. The largest absolute Gasteiger partial charge is 0.462 e. The highest BCUT2D eigenvalue weighted by atomic mass is 16.5. The fourth-order valence-corrected chi connectivity index (χ4v) is 3.10. The Balaban J connectivity index is 2.52. The Morgan fingerprint density at radius 3 is 2.40 bits per heavy atom. The van der Waals surface area contributed by atoms with Crippen molar-refractivity contribution in [3.05, 3.63) is 0 Å². The lowest BCUT2D eigenvalue weighted by atomic mass is 9.70. The Hall–Kier alpha value is -1.06. The highest BCUT2D eigenvalue weighted by Crippen LogP contribution is 2.37. The maximum atomic E-state index is 12.3. The van der Waals surface area contributed by atoms with Crippen molar-refractivity contribution in [2.45, 2.75) is 60.0 Å². The van der Waals surface area contributed by atoms with Crippen molar-refractivity contribution in [2.75, 3.05) is 6.54 Å². The Kier molecular flexibility index (Phi) is 6.50. The maximum Gasteiger partial charge on any atom is 0.325 e. The molecule has 1 N–H and O–H groups in total. The first-order valence-electron chi connectivity index (χ1n) is 7.78. The SMILES string of the molecule is CC1CCC(C(C)C)C(C(=O)NCC(=O)OC(C)C)C1. The molecule has 4 nitrogen and oxygen atoms in total. The fourth-order valence-electron chi connectivity index (χ4n) is 3.10. The van der Waals surface area contributed by atoms with Crippen LogP contribution in [0.2, 0.25) is 0 Å². The lowest BCUT2D eigenvalue weighted by molar-refractivity contribution is -0.148. The molecule has 3 atom stereocenters. The lowest BCUT2D eigenvalue weighted by Crippen LogP contribution is -2.42. The molecule has 0 radical (unpaired) electrons. The molecule has 0 aliphatic heterocycles. The van der Waals surface area contributed by atoms with E-state index in [1.807, 2.05) is 0 Å². The third-order valence-electron chi connectivity index (χ3n) is 4.13. The van der Waals surface area contributed by atoms with Gasteiger partial charge in [0.25, 0.3) is 0 Å². The number of hydrogen-bond donors (Lipinski definition) is 1. The van der Waals surface area contributed by atoms with Gasteiger partial charge in [0.05, 0.1) is 6.10 Å². The first-order valence-corrected chi connectivity index (χ1v) is 7.78. The van der Waals surface area contributed by atoms with E-state index in [4.69, 9.17) is 4.74 Å². The molecule has 0 spiro atoms. The molecule has 116 valence electrons. The summed E-state index contributed by atoms with van der Waals surface area (Å²) in [6.07, 6.45) is 3.08. The van der Waals surface area contributed by atoms with Crippen LogP contribution in [0.5, 0.6) is 0 Å². The number of rotatable bonds is 5. The molecule has 1 aliphatic rings. The number of ether oxygens (including phenoxy) is 1. The highest BCUT2D eigenvalue weighted by molar-refractivity contribution is 5.83. The third-order valence-corrected chi connectivity index (χ3v) is 4.13. The van der Waals surface area contributed by atoms with E-state index in [0.29, 0.717) is 17.8 Å². The van der Waals surface area contributed by atoms with Crippen LogP contribution < -0.4 is 5.32 Å². The van der Waals surface area contributed by atoms with E-state index in [1.54, 1.807) is 13.8 Å². The van der Waals surface area contributed by atoms with Crippen molar-refractivity contribution in [3.8, 4) is 0 Å². The number of nitrogens with one attached hydrogen (secondary N) is 1. The van der Waals surface area contributed by atoms with Crippen LogP contribution in [-0.4, -0.2) is 24.5 Å². The van der Waals surface area contributed by atoms with Crippen LogP contribution in [0.1, 0.15) is 53.9 Å². The third kappa shape index (κ3) is 5.14. The van der Waals surface area contributed by atoms with E-state index < -0.39 is 0 Å². The Morgan fingerprint density at radius 1 is 1.20 bits per heavy atom. The van der Waals surface area contributed by atoms with Gasteiger partial charge in [-0.25, -0.2) is 0 Å². The smallest absolute Gasteiger partial charge is 0.325 e. The van der Waals surface area contributed by atoms with Crippen molar-refractivity contribution >= 4 is 11.9 Å². The predicted molar refractivity (Wildman–Crippen MR) is 79.1 cm³/mol. The molecular formula is C16H29NO3. The second-order valence-electron chi connectivity index (χ2n) is 6.69. The average Bonchev–Trinajstić information content (AvgIpc) is 2.34. The average molecular weight is 283 g/mol. The molecule has 0 heterocycles. The van der Waals surface area contributed by atoms with Crippen LogP contribution in [0.3, 0.4) is 0 Å². The van der Waals surface area contributed by atoms with Gasteiger partial charge >= 0.3 is 5.97 Å². The van der Waals surface area contributed by atoms with Gasteiger partial charge in [-0.3, -0.25) is 9.59 Å². The van der Waals surface area contributed by atoms with Crippen molar-refractivity contribution in [2.24, 2.45) is 23.7 Å². The molecule has 3 unspecified atom stereocenters. The molecule has 1 amide bonds. The van der Waals surface area contributed by atoms with Crippen LogP contribution in [0.4, 0.5) is 0 Å². The van der Waals surface area contributed by atoms with Gasteiger partial charge in [-0.15, -0.1) is 0 Å². The predicted octanol–water partition coefficient (Wildman–Crippen LogP) is 2.76. The topological polar surface area (TPSA) is 55.4 Å². The number of amides is 1. The van der Waals surface area contributed by atoms with Gasteiger partial charge in [0.1, 0.15) is 6.54 Å². The molecule has 0 saturated heterocycles. The van der Waals surface area contributed by atoms with Gasteiger partial charge in [-0.2, -0.15) is 0 Å². The number of hydrogen-bond acceptors (Lipinski definition) is 3. The van der Waals surface area contributed by atoms with Gasteiger partial charge in [0, 0.05) is 5.92 Å². The van der Waals surface area contributed by atoms with Crippen molar-refractivity contribution in [1.82, 2.24) is 5.32 Å². The quantitative estimate of drug-likeness (QED) is 0.789. The molecular weight excluding hydrogens is 254 g/mol. The molecule has 20 heavy (non-hydrogen) atoms. The monoisotopic (exact) mass is 283 g/mol. The Labute approximate surface area is 122 Å². The standard InChI is InChI=1S/C16H29NO3/c1-10(2)13-7-6-12(5)8-14(13)16(19)17-9-15(18)20-11(3)4/h10-14H,6-9H2,1-5H3,(H,17,19). The van der Waals surface area contributed by atoms with Crippen molar-refractivity contribution in [1.29, 1.82) is 0 Å². The van der Waals surface area contributed by atoms with Crippen LogP contribution in [-0.2, 0) is 14.3 Å². The van der Waals surface area contributed by atoms with Gasteiger partial charge in [0.15, 0.2) is 0 Å². The second kappa shape index (κ2) is 7.65. The number of carbonyl (C=O) groups is 2. The van der Waals surface area contributed by atoms with Gasteiger partial charge in [-0.05, 0) is 44.4 Å². The molecule has 0 bridgehead atoms. The normalized spacial score (nSPS) is 26.6.